The summed E-state index contributed by atoms with van der Waals surface area (Å²) in [6.45, 7) is 15.4. The highest BCUT2D eigenvalue weighted by Gasteiger charge is 2.28. The molecular formula is C34H49N7O2. The molecule has 0 spiro atoms. The van der Waals surface area contributed by atoms with E-state index in [1.807, 2.05) is 20.0 Å². The third-order valence-electron chi connectivity index (χ3n) is 7.79. The summed E-state index contributed by atoms with van der Waals surface area (Å²) in [5.41, 5.74) is 14.9. The Kier molecular flexibility index (Phi) is 15.3. The van der Waals surface area contributed by atoms with Crippen LogP contribution in [0.3, 0.4) is 0 Å². The molecule has 1 atom stereocenters. The van der Waals surface area contributed by atoms with Gasteiger partial charge in [-0.2, -0.15) is 5.26 Å². The Morgan fingerprint density at radius 1 is 1.16 bits per heavy atom. The zero-order valence-corrected chi connectivity index (χ0v) is 26.6. The average molecular weight is 588 g/mol. The van der Waals surface area contributed by atoms with E-state index in [4.69, 9.17) is 20.8 Å². The fraction of sp³-hybridized carbons (Fsp3) is 0.471. The van der Waals surface area contributed by atoms with Crippen LogP contribution in [0.25, 0.3) is 5.70 Å². The van der Waals surface area contributed by atoms with Crippen LogP contribution < -0.4 is 16.0 Å². The number of carbonyl (C=O) groups is 2. The topological polar surface area (TPSA) is 119 Å². The third-order valence-corrected chi connectivity index (χ3v) is 7.79. The van der Waals surface area contributed by atoms with Crippen LogP contribution in [0.5, 0.6) is 0 Å². The number of piperazine rings is 1. The summed E-state index contributed by atoms with van der Waals surface area (Å²) < 4.78 is 0. The van der Waals surface area contributed by atoms with Crippen LogP contribution in [-0.4, -0.2) is 86.8 Å². The number of fused-ring (bicyclic) bond motifs is 2. The van der Waals surface area contributed by atoms with Crippen LogP contribution in [0.2, 0.25) is 0 Å². The normalized spacial score (nSPS) is 16.1. The van der Waals surface area contributed by atoms with Crippen molar-refractivity contribution in [2.24, 2.45) is 5.73 Å². The van der Waals surface area contributed by atoms with Crippen molar-refractivity contribution >= 4 is 24.0 Å². The van der Waals surface area contributed by atoms with Crippen molar-refractivity contribution in [3.05, 3.63) is 76.6 Å². The Morgan fingerprint density at radius 2 is 1.84 bits per heavy atom. The minimum atomic E-state index is 0.463. The highest BCUT2D eigenvalue weighted by molar-refractivity contribution is 5.76. The summed E-state index contributed by atoms with van der Waals surface area (Å²) in [6, 6.07) is 10.9. The van der Waals surface area contributed by atoms with Crippen molar-refractivity contribution in [3.63, 3.8) is 0 Å². The first kappa shape index (κ1) is 35.4. The number of anilines is 1. The van der Waals surface area contributed by atoms with Crippen LogP contribution in [0, 0.1) is 18.3 Å². The monoisotopic (exact) mass is 587 g/mol. The van der Waals surface area contributed by atoms with E-state index in [1.54, 1.807) is 6.07 Å². The van der Waals surface area contributed by atoms with Crippen LogP contribution in [0.1, 0.15) is 58.7 Å². The van der Waals surface area contributed by atoms with Gasteiger partial charge in [0.25, 0.3) is 0 Å². The van der Waals surface area contributed by atoms with E-state index in [2.05, 4.69) is 64.8 Å². The minimum absolute atomic E-state index is 0.463. The quantitative estimate of drug-likeness (QED) is 0.385. The molecule has 2 aromatic rings. The largest absolute Gasteiger partial charge is 0.369 e. The van der Waals surface area contributed by atoms with Gasteiger partial charge in [0.2, 0.25) is 0 Å². The molecule has 3 aliphatic rings. The van der Waals surface area contributed by atoms with Crippen LogP contribution >= 0.6 is 0 Å². The first-order chi connectivity index (χ1) is 20.8. The lowest BCUT2D eigenvalue weighted by atomic mass is 9.89. The second-order valence-electron chi connectivity index (χ2n) is 10.8. The number of benzene rings is 1. The van der Waals surface area contributed by atoms with Crippen molar-refractivity contribution < 1.29 is 9.59 Å². The Bertz CT molecular complexity index is 1270. The van der Waals surface area contributed by atoms with Gasteiger partial charge in [-0.05, 0) is 70.5 Å². The summed E-state index contributed by atoms with van der Waals surface area (Å²) in [6.07, 6.45) is 8.31. The van der Waals surface area contributed by atoms with Gasteiger partial charge >= 0.3 is 0 Å². The van der Waals surface area contributed by atoms with Crippen molar-refractivity contribution in [2.75, 3.05) is 58.3 Å². The predicted octanol–water partition coefficient (Wildman–Crippen LogP) is 3.75. The molecule has 2 aliphatic heterocycles. The average Bonchev–Trinajstić information content (AvgIpc) is 3.04. The van der Waals surface area contributed by atoms with Crippen LogP contribution in [-0.2, 0) is 24.2 Å². The molecule has 0 radical (unpaired) electrons. The molecule has 1 aromatic carbocycles. The maximum Gasteiger partial charge on any atom is 0.168 e. The highest BCUT2D eigenvalue weighted by atomic mass is 16.1. The zero-order chi connectivity index (χ0) is 31.8. The Hall–Kier alpha value is -3.84. The molecule has 3 N–H and O–H groups in total. The summed E-state index contributed by atoms with van der Waals surface area (Å²) >= 11 is 0. The Labute approximate surface area is 258 Å². The number of rotatable bonds is 6. The second-order valence-corrected chi connectivity index (χ2v) is 10.8. The number of aryl methyl sites for hydroxylation is 2. The molecule has 5 rings (SSSR count). The van der Waals surface area contributed by atoms with E-state index in [0.29, 0.717) is 18.0 Å². The molecule has 232 valence electrons. The molecule has 0 bridgehead atoms. The number of nitrogens with zero attached hydrogens (tertiary/aromatic N) is 5. The van der Waals surface area contributed by atoms with Crippen molar-refractivity contribution in [1.29, 1.82) is 5.26 Å². The SMILES string of the molecule is C=CC=O.CC#N.CNC(C)CN.Cc1cccc2c1C(N1CCc3c(N4CCN(C)CC4)cc(C=O)nc3C1)=CCC2. The number of allylic oxidation sites excluding steroid dienone is 2. The first-order valence-corrected chi connectivity index (χ1v) is 15.0. The van der Waals surface area contributed by atoms with Crippen LogP contribution in [0.4, 0.5) is 5.69 Å². The van der Waals surface area contributed by atoms with E-state index in [0.717, 1.165) is 77.1 Å². The number of aldehydes is 2. The smallest absolute Gasteiger partial charge is 0.168 e. The molecule has 9 heteroatoms. The lowest BCUT2D eigenvalue weighted by molar-refractivity contribution is -0.104. The summed E-state index contributed by atoms with van der Waals surface area (Å²) in [7, 11) is 4.07. The van der Waals surface area contributed by atoms with Gasteiger partial charge in [-0.1, -0.05) is 30.9 Å². The van der Waals surface area contributed by atoms with E-state index in [1.165, 1.54) is 46.6 Å². The minimum Gasteiger partial charge on any atom is -0.369 e. The first-order valence-electron chi connectivity index (χ1n) is 15.0. The molecular weight excluding hydrogens is 538 g/mol. The predicted molar refractivity (Wildman–Crippen MR) is 176 cm³/mol. The number of aromatic nitrogens is 1. The Morgan fingerprint density at radius 3 is 2.40 bits per heavy atom. The lowest BCUT2D eigenvalue weighted by Gasteiger charge is -2.39. The van der Waals surface area contributed by atoms with E-state index in [-0.39, 0.29) is 0 Å². The number of likely N-dealkylation sites (N-methyl/N-ethyl adjacent to an activating group) is 2. The number of hydrogen-bond donors (Lipinski definition) is 2. The number of nitrogens with one attached hydrogen (secondary N) is 1. The van der Waals surface area contributed by atoms with Gasteiger partial charge in [0.05, 0.1) is 18.3 Å². The van der Waals surface area contributed by atoms with Gasteiger partial charge in [-0.25, -0.2) is 4.98 Å². The number of nitriles is 1. The number of pyridine rings is 1. The number of carbonyl (C=O) groups excluding carboxylic acids is 2. The zero-order valence-electron chi connectivity index (χ0n) is 26.6. The summed E-state index contributed by atoms with van der Waals surface area (Å²) in [4.78, 5) is 32.7. The molecule has 3 heterocycles. The molecule has 0 amide bonds. The third kappa shape index (κ3) is 10.1. The second kappa shape index (κ2) is 18.6. The van der Waals surface area contributed by atoms with Gasteiger partial charge in [-0.3, -0.25) is 9.59 Å². The number of nitrogens with two attached hydrogens (primary N) is 1. The fourth-order valence-electron chi connectivity index (χ4n) is 5.31. The van der Waals surface area contributed by atoms with E-state index >= 15 is 0 Å². The summed E-state index contributed by atoms with van der Waals surface area (Å²) in [5, 5.41) is 10.3. The molecule has 1 saturated heterocycles. The molecule has 1 unspecified atom stereocenters. The molecule has 1 aromatic heterocycles. The van der Waals surface area contributed by atoms with Crippen LogP contribution in [0.15, 0.2) is 43.0 Å². The van der Waals surface area contributed by atoms with Crippen molar-refractivity contribution in [2.45, 2.75) is 52.6 Å². The molecule has 9 nitrogen and oxygen atoms in total. The lowest BCUT2D eigenvalue weighted by Crippen LogP contribution is -2.45. The maximum absolute atomic E-state index is 11.7. The van der Waals surface area contributed by atoms with Gasteiger partial charge < -0.3 is 25.8 Å². The van der Waals surface area contributed by atoms with Gasteiger partial charge in [0.15, 0.2) is 6.29 Å². The summed E-state index contributed by atoms with van der Waals surface area (Å²) in [5.74, 6) is 0. The van der Waals surface area contributed by atoms with E-state index < -0.39 is 0 Å². The number of hydrogen-bond acceptors (Lipinski definition) is 9. The van der Waals surface area contributed by atoms with Crippen molar-refractivity contribution in [1.82, 2.24) is 20.1 Å². The molecule has 1 fully saturated rings. The van der Waals surface area contributed by atoms with Gasteiger partial charge in [-0.15, -0.1) is 0 Å². The van der Waals surface area contributed by atoms with Gasteiger partial charge in [0.1, 0.15) is 12.0 Å². The van der Waals surface area contributed by atoms with E-state index in [9.17, 15) is 4.79 Å². The van der Waals surface area contributed by atoms with Gasteiger partial charge in [0, 0.05) is 74.7 Å². The molecule has 0 saturated carbocycles. The molecule has 1 aliphatic carbocycles. The maximum atomic E-state index is 11.7. The standard InChI is InChI=1S/C25H30N4O.C4H12N2.C3H4O.C2H3N/c1-18-5-3-6-19-7-4-8-23(25(18)19)29-10-9-21-22(16-29)26-20(17-30)15-24(21)28-13-11-27(2)12-14-28;1-4(3-5)6-2;1-2-3-4;1-2-3/h3,5-6,8,15,17H,4,7,9-14,16H2,1-2H3;4,6H,3,5H2,1-2H3;2-3H,1H2;1H3. The Balaban J connectivity index is 0.000000422. The highest BCUT2D eigenvalue weighted by Crippen LogP contribution is 2.36. The van der Waals surface area contributed by atoms with Crippen molar-refractivity contribution in [3.8, 4) is 6.07 Å². The molecule has 43 heavy (non-hydrogen) atoms. The fourth-order valence-corrected chi connectivity index (χ4v) is 5.31.